The third-order valence-corrected chi connectivity index (χ3v) is 4.25. The van der Waals surface area contributed by atoms with Crippen LogP contribution in [0.3, 0.4) is 0 Å². The van der Waals surface area contributed by atoms with Crippen LogP contribution in [0.25, 0.3) is 0 Å². The Labute approximate surface area is 141 Å². The van der Waals surface area contributed by atoms with Crippen molar-refractivity contribution in [2.75, 3.05) is 18.1 Å². The van der Waals surface area contributed by atoms with Gasteiger partial charge in [-0.05, 0) is 49.1 Å². The van der Waals surface area contributed by atoms with Crippen molar-refractivity contribution in [1.82, 2.24) is 4.98 Å². The Morgan fingerprint density at radius 1 is 1.33 bits per heavy atom. The van der Waals surface area contributed by atoms with Gasteiger partial charge in [-0.25, -0.2) is 4.98 Å². The third-order valence-electron chi connectivity index (χ3n) is 4.25. The van der Waals surface area contributed by atoms with Gasteiger partial charge in [-0.3, -0.25) is 10.1 Å². The zero-order valence-electron chi connectivity index (χ0n) is 14.0. The molecule has 1 aromatic heterocycles. The highest BCUT2D eigenvalue weighted by Crippen LogP contribution is 2.33. The third kappa shape index (κ3) is 3.18. The van der Waals surface area contributed by atoms with Gasteiger partial charge in [0.1, 0.15) is 5.75 Å². The van der Waals surface area contributed by atoms with E-state index in [1.807, 2.05) is 17.0 Å². The number of benzene rings is 1. The van der Waals surface area contributed by atoms with Crippen molar-refractivity contribution in [2.45, 2.75) is 33.2 Å². The van der Waals surface area contributed by atoms with Gasteiger partial charge in [-0.1, -0.05) is 13.0 Å². The molecule has 0 bridgehead atoms. The van der Waals surface area contributed by atoms with Crippen molar-refractivity contribution in [2.24, 2.45) is 0 Å². The molecular weight excluding hydrogens is 306 g/mol. The highest BCUT2D eigenvalue weighted by Gasteiger charge is 2.26. The van der Waals surface area contributed by atoms with Crippen molar-refractivity contribution < 1.29 is 9.66 Å². The molecule has 0 aliphatic carbocycles. The highest BCUT2D eigenvalue weighted by molar-refractivity contribution is 5.62. The van der Waals surface area contributed by atoms with Crippen LogP contribution in [0, 0.1) is 17.0 Å². The molecule has 0 radical (unpaired) electrons. The molecule has 6 nitrogen and oxygen atoms in total. The zero-order valence-corrected chi connectivity index (χ0v) is 14.0. The SMILES string of the molecule is CCCOc1ccc2c(c1)CCN(c1nccc(C)c1[N+](=O)[O-])C2. The lowest BCUT2D eigenvalue weighted by Gasteiger charge is -2.30. The fourth-order valence-electron chi connectivity index (χ4n) is 3.01. The Morgan fingerprint density at radius 2 is 2.17 bits per heavy atom. The zero-order chi connectivity index (χ0) is 17.1. The van der Waals surface area contributed by atoms with Gasteiger partial charge >= 0.3 is 5.69 Å². The molecule has 2 heterocycles. The number of aromatic nitrogens is 1. The van der Waals surface area contributed by atoms with Crippen molar-refractivity contribution in [3.05, 3.63) is 57.3 Å². The number of hydrogen-bond donors (Lipinski definition) is 0. The van der Waals surface area contributed by atoms with E-state index in [-0.39, 0.29) is 10.6 Å². The second-order valence-corrected chi connectivity index (χ2v) is 6.01. The number of ether oxygens (including phenoxy) is 1. The van der Waals surface area contributed by atoms with Gasteiger partial charge in [-0.2, -0.15) is 0 Å². The molecule has 2 aromatic rings. The Balaban J connectivity index is 1.86. The smallest absolute Gasteiger partial charge is 0.314 e. The van der Waals surface area contributed by atoms with E-state index < -0.39 is 0 Å². The van der Waals surface area contributed by atoms with Gasteiger partial charge in [-0.15, -0.1) is 0 Å². The Bertz CT molecular complexity index is 761. The summed E-state index contributed by atoms with van der Waals surface area (Å²) >= 11 is 0. The lowest BCUT2D eigenvalue weighted by molar-refractivity contribution is -0.384. The van der Waals surface area contributed by atoms with Crippen LogP contribution in [-0.2, 0) is 13.0 Å². The van der Waals surface area contributed by atoms with E-state index in [9.17, 15) is 10.1 Å². The molecule has 3 rings (SSSR count). The number of anilines is 1. The minimum absolute atomic E-state index is 0.101. The maximum atomic E-state index is 11.4. The molecule has 1 aliphatic rings. The quantitative estimate of drug-likeness (QED) is 0.619. The summed E-state index contributed by atoms with van der Waals surface area (Å²) in [7, 11) is 0. The number of aryl methyl sites for hydroxylation is 1. The van der Waals surface area contributed by atoms with Crippen molar-refractivity contribution in [3.63, 3.8) is 0 Å². The topological polar surface area (TPSA) is 68.5 Å². The summed E-state index contributed by atoms with van der Waals surface area (Å²) in [6, 6.07) is 7.78. The second kappa shape index (κ2) is 6.86. The van der Waals surface area contributed by atoms with E-state index >= 15 is 0 Å². The lowest BCUT2D eigenvalue weighted by Crippen LogP contribution is -2.31. The molecule has 0 spiro atoms. The van der Waals surface area contributed by atoms with Gasteiger partial charge in [0.2, 0.25) is 5.82 Å². The van der Waals surface area contributed by atoms with E-state index in [2.05, 4.69) is 18.0 Å². The monoisotopic (exact) mass is 327 g/mol. The van der Waals surface area contributed by atoms with Gasteiger partial charge < -0.3 is 9.64 Å². The van der Waals surface area contributed by atoms with E-state index in [1.54, 1.807) is 19.2 Å². The Kier molecular flexibility index (Phi) is 4.64. The number of rotatable bonds is 5. The van der Waals surface area contributed by atoms with Crippen LogP contribution in [0.15, 0.2) is 30.5 Å². The average molecular weight is 327 g/mol. The molecule has 0 amide bonds. The lowest BCUT2D eigenvalue weighted by atomic mass is 9.99. The molecule has 0 fully saturated rings. The molecule has 1 aliphatic heterocycles. The largest absolute Gasteiger partial charge is 0.494 e. The Hall–Kier alpha value is -2.63. The molecule has 0 saturated carbocycles. The first-order chi connectivity index (χ1) is 11.6. The van der Waals surface area contributed by atoms with Crippen LogP contribution in [0.5, 0.6) is 5.75 Å². The first-order valence-electron chi connectivity index (χ1n) is 8.19. The summed E-state index contributed by atoms with van der Waals surface area (Å²) < 4.78 is 5.68. The van der Waals surface area contributed by atoms with Crippen LogP contribution < -0.4 is 9.64 Å². The average Bonchev–Trinajstić information content (AvgIpc) is 2.58. The molecule has 0 unspecified atom stereocenters. The molecule has 0 saturated heterocycles. The van der Waals surface area contributed by atoms with Crippen LogP contribution in [-0.4, -0.2) is 23.1 Å². The van der Waals surface area contributed by atoms with Crippen molar-refractivity contribution >= 4 is 11.5 Å². The summed E-state index contributed by atoms with van der Waals surface area (Å²) in [5.74, 6) is 1.35. The number of hydrogen-bond acceptors (Lipinski definition) is 5. The van der Waals surface area contributed by atoms with E-state index in [0.717, 1.165) is 18.6 Å². The Morgan fingerprint density at radius 3 is 2.92 bits per heavy atom. The molecule has 6 heteroatoms. The number of fused-ring (bicyclic) bond motifs is 1. The van der Waals surface area contributed by atoms with Gasteiger partial charge in [0, 0.05) is 24.8 Å². The standard InChI is InChI=1S/C18H21N3O3/c1-3-10-24-16-5-4-15-12-20(9-7-14(15)11-16)18-17(21(22)23)13(2)6-8-19-18/h4-6,8,11H,3,7,9-10,12H2,1-2H3. The fourth-order valence-corrected chi connectivity index (χ4v) is 3.01. The van der Waals surface area contributed by atoms with Gasteiger partial charge in [0.25, 0.3) is 0 Å². The van der Waals surface area contributed by atoms with E-state index in [0.29, 0.717) is 31.1 Å². The molecule has 1 aromatic carbocycles. The molecule has 0 atom stereocenters. The number of nitrogens with zero attached hydrogens (tertiary/aromatic N) is 3. The summed E-state index contributed by atoms with van der Waals surface area (Å²) in [5.41, 5.74) is 3.15. The van der Waals surface area contributed by atoms with Gasteiger partial charge in [0.15, 0.2) is 0 Å². The predicted octanol–water partition coefficient (Wildman–Crippen LogP) is 3.65. The molecule has 24 heavy (non-hydrogen) atoms. The number of pyridine rings is 1. The minimum atomic E-state index is -0.338. The van der Waals surface area contributed by atoms with E-state index in [4.69, 9.17) is 4.74 Å². The predicted molar refractivity (Wildman–Crippen MR) is 92.6 cm³/mol. The van der Waals surface area contributed by atoms with Crippen molar-refractivity contribution in [3.8, 4) is 5.75 Å². The van der Waals surface area contributed by atoms with Crippen LogP contribution in [0.4, 0.5) is 11.5 Å². The second-order valence-electron chi connectivity index (χ2n) is 6.01. The molecule has 0 N–H and O–H groups in total. The van der Waals surface area contributed by atoms with Crippen molar-refractivity contribution in [1.29, 1.82) is 0 Å². The summed E-state index contributed by atoms with van der Waals surface area (Å²) in [6.45, 7) is 5.88. The first kappa shape index (κ1) is 16.2. The summed E-state index contributed by atoms with van der Waals surface area (Å²) in [6.07, 6.45) is 3.44. The fraction of sp³-hybridized carbons (Fsp3) is 0.389. The van der Waals surface area contributed by atoms with Crippen LogP contribution in [0.2, 0.25) is 0 Å². The summed E-state index contributed by atoms with van der Waals surface area (Å²) in [5, 5.41) is 11.4. The van der Waals surface area contributed by atoms with Crippen LogP contribution >= 0.6 is 0 Å². The first-order valence-corrected chi connectivity index (χ1v) is 8.19. The minimum Gasteiger partial charge on any atom is -0.494 e. The maximum Gasteiger partial charge on any atom is 0.314 e. The van der Waals surface area contributed by atoms with Gasteiger partial charge in [0.05, 0.1) is 11.5 Å². The number of nitro groups is 1. The normalized spacial score (nSPS) is 13.5. The van der Waals surface area contributed by atoms with Crippen LogP contribution in [0.1, 0.15) is 30.0 Å². The summed E-state index contributed by atoms with van der Waals surface area (Å²) in [4.78, 5) is 17.3. The van der Waals surface area contributed by atoms with E-state index in [1.165, 1.54) is 11.1 Å². The molecular formula is C18H21N3O3. The molecule has 126 valence electrons. The maximum absolute atomic E-state index is 11.4. The highest BCUT2D eigenvalue weighted by atomic mass is 16.6.